The topological polar surface area (TPSA) is 76.0 Å². The van der Waals surface area contributed by atoms with E-state index < -0.39 is 0 Å². The number of hydrazine groups is 1. The van der Waals surface area contributed by atoms with Crippen molar-refractivity contribution >= 4 is 11.8 Å². The number of nitrogens with one attached hydrogen (secondary N) is 2. The van der Waals surface area contributed by atoms with E-state index in [1.165, 1.54) is 0 Å². The first kappa shape index (κ1) is 17.0. The summed E-state index contributed by atoms with van der Waals surface area (Å²) in [4.78, 5) is 24.7. The van der Waals surface area contributed by atoms with E-state index in [4.69, 9.17) is 0 Å². The van der Waals surface area contributed by atoms with Gasteiger partial charge in [-0.2, -0.15) is 5.10 Å². The minimum absolute atomic E-state index is 0.00550. The van der Waals surface area contributed by atoms with E-state index in [9.17, 15) is 9.59 Å². The van der Waals surface area contributed by atoms with Crippen LogP contribution in [0.15, 0.2) is 66.9 Å². The molecule has 136 valence electrons. The number of rotatable bonds is 4. The molecule has 6 heteroatoms. The van der Waals surface area contributed by atoms with E-state index in [2.05, 4.69) is 16.0 Å². The normalized spacial score (nSPS) is 13.6. The Labute approximate surface area is 157 Å². The zero-order chi connectivity index (χ0) is 18.6. The minimum Gasteiger partial charge on any atom is -0.273 e. The van der Waals surface area contributed by atoms with Crippen molar-refractivity contribution in [3.63, 3.8) is 0 Å². The summed E-state index contributed by atoms with van der Waals surface area (Å²) < 4.78 is 1.67. The lowest BCUT2D eigenvalue weighted by Crippen LogP contribution is -2.46. The van der Waals surface area contributed by atoms with Crippen molar-refractivity contribution in [3.8, 4) is 16.9 Å². The second-order valence-electron chi connectivity index (χ2n) is 6.61. The lowest BCUT2D eigenvalue weighted by Gasteiger charge is -2.23. The number of benzene rings is 2. The maximum atomic E-state index is 12.7. The Bertz CT molecular complexity index is 947. The van der Waals surface area contributed by atoms with Crippen LogP contribution in [0.2, 0.25) is 0 Å². The summed E-state index contributed by atoms with van der Waals surface area (Å²) in [5.74, 6) is -0.513. The van der Waals surface area contributed by atoms with Gasteiger partial charge in [0.15, 0.2) is 0 Å². The van der Waals surface area contributed by atoms with Crippen molar-refractivity contribution in [2.24, 2.45) is 5.92 Å². The lowest BCUT2D eigenvalue weighted by atomic mass is 9.85. The Hall–Kier alpha value is -3.41. The first-order valence-corrected chi connectivity index (χ1v) is 9.03. The Morgan fingerprint density at radius 1 is 0.926 bits per heavy atom. The molecule has 0 radical (unpaired) electrons. The molecule has 1 fully saturated rings. The van der Waals surface area contributed by atoms with Crippen LogP contribution < -0.4 is 10.9 Å². The van der Waals surface area contributed by atoms with Crippen LogP contribution in [0.25, 0.3) is 16.9 Å². The maximum absolute atomic E-state index is 12.7. The van der Waals surface area contributed by atoms with Crippen LogP contribution in [-0.4, -0.2) is 21.6 Å². The zero-order valence-electron chi connectivity index (χ0n) is 14.8. The van der Waals surface area contributed by atoms with E-state index in [1.54, 1.807) is 10.9 Å². The third kappa shape index (κ3) is 3.60. The molecule has 1 saturated carbocycles. The summed E-state index contributed by atoms with van der Waals surface area (Å²) in [5, 5.41) is 4.60. The first-order chi connectivity index (χ1) is 13.2. The Morgan fingerprint density at radius 3 is 2.22 bits per heavy atom. The van der Waals surface area contributed by atoms with Crippen molar-refractivity contribution in [2.45, 2.75) is 19.3 Å². The Kier molecular flexibility index (Phi) is 4.70. The van der Waals surface area contributed by atoms with Gasteiger partial charge in [-0.1, -0.05) is 55.0 Å². The standard InChI is InChI=1S/C21H20N4O2/c26-20(16-10-7-11-16)22-23-21(27)18-14-25(17-12-5-2-6-13-17)24-19(18)15-8-3-1-4-9-15/h1-6,8-9,12-14,16H,7,10-11H2,(H,22,26)(H,23,27). The average molecular weight is 360 g/mol. The van der Waals surface area contributed by atoms with Gasteiger partial charge >= 0.3 is 0 Å². The van der Waals surface area contributed by atoms with Crippen LogP contribution in [0, 0.1) is 5.92 Å². The van der Waals surface area contributed by atoms with Gasteiger partial charge in [0, 0.05) is 17.7 Å². The van der Waals surface area contributed by atoms with E-state index >= 15 is 0 Å². The maximum Gasteiger partial charge on any atom is 0.273 e. The molecular formula is C21H20N4O2. The molecule has 1 aromatic heterocycles. The van der Waals surface area contributed by atoms with Crippen molar-refractivity contribution in [2.75, 3.05) is 0 Å². The van der Waals surface area contributed by atoms with Crippen molar-refractivity contribution in [1.82, 2.24) is 20.6 Å². The number of para-hydroxylation sites is 1. The number of hydrogen-bond donors (Lipinski definition) is 2. The molecular weight excluding hydrogens is 340 g/mol. The van der Waals surface area contributed by atoms with Gasteiger partial charge in [-0.05, 0) is 25.0 Å². The second kappa shape index (κ2) is 7.45. The summed E-state index contributed by atoms with van der Waals surface area (Å²) in [5.41, 5.74) is 7.72. The molecule has 0 aliphatic heterocycles. The van der Waals surface area contributed by atoms with Gasteiger partial charge in [0.25, 0.3) is 5.91 Å². The molecule has 0 atom stereocenters. The highest BCUT2D eigenvalue weighted by Gasteiger charge is 2.26. The zero-order valence-corrected chi connectivity index (χ0v) is 14.8. The minimum atomic E-state index is -0.385. The second-order valence-corrected chi connectivity index (χ2v) is 6.61. The van der Waals surface area contributed by atoms with E-state index in [-0.39, 0.29) is 17.7 Å². The van der Waals surface area contributed by atoms with Crippen LogP contribution in [-0.2, 0) is 4.79 Å². The fourth-order valence-electron chi connectivity index (χ4n) is 3.02. The summed E-state index contributed by atoms with van der Waals surface area (Å²) >= 11 is 0. The highest BCUT2D eigenvalue weighted by molar-refractivity contribution is 6.00. The molecule has 0 saturated heterocycles. The molecule has 2 N–H and O–H groups in total. The van der Waals surface area contributed by atoms with E-state index in [0.717, 1.165) is 30.5 Å². The van der Waals surface area contributed by atoms with Crippen LogP contribution >= 0.6 is 0 Å². The third-order valence-corrected chi connectivity index (χ3v) is 4.80. The molecule has 4 rings (SSSR count). The monoisotopic (exact) mass is 360 g/mol. The van der Waals surface area contributed by atoms with Gasteiger partial charge in [-0.3, -0.25) is 20.4 Å². The number of aromatic nitrogens is 2. The van der Waals surface area contributed by atoms with Gasteiger partial charge in [-0.15, -0.1) is 0 Å². The highest BCUT2D eigenvalue weighted by Crippen LogP contribution is 2.26. The van der Waals surface area contributed by atoms with Gasteiger partial charge in [0.2, 0.25) is 5.91 Å². The highest BCUT2D eigenvalue weighted by atomic mass is 16.2. The summed E-state index contributed by atoms with van der Waals surface area (Å²) in [6, 6.07) is 19.1. The number of hydrogen-bond acceptors (Lipinski definition) is 3. The van der Waals surface area contributed by atoms with Gasteiger partial charge < -0.3 is 0 Å². The van der Waals surface area contributed by atoms with Crippen LogP contribution in [0.4, 0.5) is 0 Å². The summed E-state index contributed by atoms with van der Waals surface area (Å²) in [6.07, 6.45) is 4.50. The fraction of sp³-hybridized carbons (Fsp3) is 0.190. The lowest BCUT2D eigenvalue weighted by molar-refractivity contribution is -0.128. The molecule has 0 bridgehead atoms. The van der Waals surface area contributed by atoms with E-state index in [0.29, 0.717) is 11.3 Å². The molecule has 0 spiro atoms. The van der Waals surface area contributed by atoms with Crippen molar-refractivity contribution in [3.05, 3.63) is 72.4 Å². The van der Waals surface area contributed by atoms with Crippen LogP contribution in [0.5, 0.6) is 0 Å². The number of amides is 2. The van der Waals surface area contributed by atoms with Crippen molar-refractivity contribution < 1.29 is 9.59 Å². The number of carbonyl (C=O) groups excluding carboxylic acids is 2. The van der Waals surface area contributed by atoms with E-state index in [1.807, 2.05) is 60.7 Å². The Morgan fingerprint density at radius 2 is 1.59 bits per heavy atom. The molecule has 3 aromatic rings. The molecule has 6 nitrogen and oxygen atoms in total. The summed E-state index contributed by atoms with van der Waals surface area (Å²) in [7, 11) is 0. The molecule has 1 heterocycles. The fourth-order valence-corrected chi connectivity index (χ4v) is 3.02. The smallest absolute Gasteiger partial charge is 0.273 e. The summed E-state index contributed by atoms with van der Waals surface area (Å²) in [6.45, 7) is 0. The molecule has 2 amide bonds. The predicted molar refractivity (Wildman–Crippen MR) is 102 cm³/mol. The number of carbonyl (C=O) groups is 2. The van der Waals surface area contributed by atoms with Crippen LogP contribution in [0.1, 0.15) is 29.6 Å². The Balaban J connectivity index is 1.62. The molecule has 0 unspecified atom stereocenters. The average Bonchev–Trinajstić information content (AvgIpc) is 3.12. The molecule has 27 heavy (non-hydrogen) atoms. The quantitative estimate of drug-likeness (QED) is 0.702. The predicted octanol–water partition coefficient (Wildman–Crippen LogP) is 3.10. The van der Waals surface area contributed by atoms with Gasteiger partial charge in [0.1, 0.15) is 5.69 Å². The largest absolute Gasteiger partial charge is 0.273 e. The van der Waals surface area contributed by atoms with Gasteiger partial charge in [-0.25, -0.2) is 4.68 Å². The number of nitrogens with zero attached hydrogens (tertiary/aromatic N) is 2. The van der Waals surface area contributed by atoms with Crippen molar-refractivity contribution in [1.29, 1.82) is 0 Å². The first-order valence-electron chi connectivity index (χ1n) is 9.03. The van der Waals surface area contributed by atoms with Gasteiger partial charge in [0.05, 0.1) is 11.3 Å². The molecule has 2 aromatic carbocycles. The molecule has 1 aliphatic rings. The molecule has 1 aliphatic carbocycles. The SMILES string of the molecule is O=C(NNC(=O)C1CCC1)c1cn(-c2ccccc2)nc1-c1ccccc1. The third-order valence-electron chi connectivity index (χ3n) is 4.80. The van der Waals surface area contributed by atoms with Crippen LogP contribution in [0.3, 0.4) is 0 Å².